The molecule has 0 radical (unpaired) electrons. The highest BCUT2D eigenvalue weighted by Crippen LogP contribution is 2.30. The van der Waals surface area contributed by atoms with Crippen molar-refractivity contribution in [3.63, 3.8) is 0 Å². The summed E-state index contributed by atoms with van der Waals surface area (Å²) in [4.78, 5) is 27.4. The zero-order chi connectivity index (χ0) is 19.8. The summed E-state index contributed by atoms with van der Waals surface area (Å²) in [6.07, 6.45) is 2.73. The normalized spacial score (nSPS) is 14.1. The third kappa shape index (κ3) is 4.67. The van der Waals surface area contributed by atoms with Crippen LogP contribution in [0.1, 0.15) is 31.7 Å². The molecule has 1 aliphatic rings. The number of hydrogen-bond donors (Lipinski definition) is 1. The Hall–Kier alpha value is -2.92. The molecule has 0 aliphatic carbocycles. The number of carbonyl (C=O) groups excluding carboxylic acids is 2. The lowest BCUT2D eigenvalue weighted by atomic mass is 10.0. The largest absolute Gasteiger partial charge is 0.381 e. The Morgan fingerprint density at radius 2 is 1.50 bits per heavy atom. The maximum absolute atomic E-state index is 13.0. The molecule has 2 aromatic rings. The molecule has 5 heteroatoms. The minimum atomic E-state index is -0.290. The third-order valence-electron chi connectivity index (χ3n) is 4.59. The monoisotopic (exact) mass is 378 g/mol. The quantitative estimate of drug-likeness (QED) is 0.500. The Balaban J connectivity index is 1.77. The summed E-state index contributed by atoms with van der Waals surface area (Å²) in [6, 6.07) is 18.7. The maximum Gasteiger partial charge on any atom is 0.278 e. The van der Waals surface area contributed by atoms with Crippen LogP contribution in [0.5, 0.6) is 0 Å². The minimum absolute atomic E-state index is 0.261. The first kappa shape index (κ1) is 19.8. The Morgan fingerprint density at radius 1 is 0.857 bits per heavy atom. The van der Waals surface area contributed by atoms with Gasteiger partial charge in [0.2, 0.25) is 0 Å². The van der Waals surface area contributed by atoms with Crippen molar-refractivity contribution in [2.45, 2.75) is 26.2 Å². The standard InChI is InChI=1S/C23H26N2O3/c1-2-3-16-28-17-10-15-25-22(26)20(18-11-6-4-7-12-18)21(23(25)27)24-19-13-8-5-9-14-19/h4-9,11-14,24H,2-3,10,15-17H2,1H3. The van der Waals surface area contributed by atoms with E-state index in [0.29, 0.717) is 37.4 Å². The SMILES string of the molecule is CCCCOCCCN1C(=O)C(Nc2ccccc2)=C(c2ccccc2)C1=O. The molecule has 0 unspecified atom stereocenters. The van der Waals surface area contributed by atoms with E-state index in [9.17, 15) is 9.59 Å². The highest BCUT2D eigenvalue weighted by Gasteiger charge is 2.38. The Bertz CT molecular complexity index is 831. The fourth-order valence-electron chi connectivity index (χ4n) is 3.11. The average Bonchev–Trinajstić information content (AvgIpc) is 2.96. The molecule has 0 bridgehead atoms. The van der Waals surface area contributed by atoms with E-state index in [1.54, 1.807) is 0 Å². The number of nitrogens with zero attached hydrogens (tertiary/aromatic N) is 1. The average molecular weight is 378 g/mol. The summed E-state index contributed by atoms with van der Waals surface area (Å²) in [5.41, 5.74) is 2.26. The number of benzene rings is 2. The van der Waals surface area contributed by atoms with Gasteiger partial charge in [-0.15, -0.1) is 0 Å². The van der Waals surface area contributed by atoms with Crippen LogP contribution in [-0.2, 0) is 14.3 Å². The number of hydrogen-bond acceptors (Lipinski definition) is 4. The highest BCUT2D eigenvalue weighted by molar-refractivity contribution is 6.36. The molecule has 146 valence electrons. The molecule has 0 saturated heterocycles. The number of carbonyl (C=O) groups is 2. The first-order valence-corrected chi connectivity index (χ1v) is 9.78. The smallest absolute Gasteiger partial charge is 0.278 e. The Labute approximate surface area is 166 Å². The van der Waals surface area contributed by atoms with E-state index >= 15 is 0 Å². The van der Waals surface area contributed by atoms with Gasteiger partial charge in [-0.05, 0) is 30.5 Å². The lowest BCUT2D eigenvalue weighted by molar-refractivity contribution is -0.137. The van der Waals surface area contributed by atoms with Gasteiger partial charge in [-0.25, -0.2) is 0 Å². The molecule has 1 N–H and O–H groups in total. The zero-order valence-corrected chi connectivity index (χ0v) is 16.2. The van der Waals surface area contributed by atoms with Gasteiger partial charge in [-0.1, -0.05) is 61.9 Å². The molecule has 0 spiro atoms. The van der Waals surface area contributed by atoms with Gasteiger partial charge in [-0.3, -0.25) is 14.5 Å². The Kier molecular flexibility index (Phi) is 6.98. The van der Waals surface area contributed by atoms with Crippen LogP contribution in [0.25, 0.3) is 5.57 Å². The number of unbranched alkanes of at least 4 members (excludes halogenated alkanes) is 1. The van der Waals surface area contributed by atoms with E-state index in [-0.39, 0.29) is 11.8 Å². The molecule has 1 heterocycles. The number of imide groups is 1. The lowest BCUT2D eigenvalue weighted by Crippen LogP contribution is -2.34. The van der Waals surface area contributed by atoms with Crippen molar-refractivity contribution in [1.82, 2.24) is 4.90 Å². The summed E-state index contributed by atoms with van der Waals surface area (Å²) < 4.78 is 5.56. The first-order chi connectivity index (χ1) is 13.7. The number of anilines is 1. The number of ether oxygens (including phenoxy) is 1. The van der Waals surface area contributed by atoms with E-state index in [1.165, 1.54) is 4.90 Å². The summed E-state index contributed by atoms with van der Waals surface area (Å²) in [7, 11) is 0. The lowest BCUT2D eigenvalue weighted by Gasteiger charge is -2.15. The van der Waals surface area contributed by atoms with Crippen molar-refractivity contribution >= 4 is 23.1 Å². The zero-order valence-electron chi connectivity index (χ0n) is 16.2. The maximum atomic E-state index is 13.0. The molecule has 3 rings (SSSR count). The number of rotatable bonds is 10. The van der Waals surface area contributed by atoms with E-state index in [0.717, 1.165) is 24.1 Å². The van der Waals surface area contributed by atoms with Crippen LogP contribution in [-0.4, -0.2) is 36.5 Å². The van der Waals surface area contributed by atoms with Gasteiger partial charge < -0.3 is 10.1 Å². The second-order valence-corrected chi connectivity index (χ2v) is 6.69. The Morgan fingerprint density at radius 3 is 2.18 bits per heavy atom. The third-order valence-corrected chi connectivity index (χ3v) is 4.59. The van der Waals surface area contributed by atoms with Gasteiger partial charge in [-0.2, -0.15) is 0 Å². The first-order valence-electron chi connectivity index (χ1n) is 9.78. The fraction of sp³-hybridized carbons (Fsp3) is 0.304. The number of amides is 2. The molecule has 0 atom stereocenters. The summed E-state index contributed by atoms with van der Waals surface area (Å²) in [5, 5.41) is 3.15. The van der Waals surface area contributed by atoms with E-state index in [4.69, 9.17) is 4.74 Å². The number of nitrogens with one attached hydrogen (secondary N) is 1. The van der Waals surface area contributed by atoms with Gasteiger partial charge in [0, 0.05) is 25.4 Å². The van der Waals surface area contributed by atoms with Crippen LogP contribution in [0, 0.1) is 0 Å². The van der Waals surface area contributed by atoms with Crippen molar-refractivity contribution in [2.75, 3.05) is 25.1 Å². The molecule has 5 nitrogen and oxygen atoms in total. The van der Waals surface area contributed by atoms with Crippen LogP contribution < -0.4 is 5.32 Å². The van der Waals surface area contributed by atoms with Crippen molar-refractivity contribution in [1.29, 1.82) is 0 Å². The topological polar surface area (TPSA) is 58.6 Å². The predicted molar refractivity (Wildman–Crippen MR) is 110 cm³/mol. The van der Waals surface area contributed by atoms with E-state index in [1.807, 2.05) is 60.7 Å². The number of para-hydroxylation sites is 1. The fourth-order valence-corrected chi connectivity index (χ4v) is 3.11. The van der Waals surface area contributed by atoms with Gasteiger partial charge in [0.1, 0.15) is 5.70 Å². The van der Waals surface area contributed by atoms with E-state index < -0.39 is 0 Å². The summed E-state index contributed by atoms with van der Waals surface area (Å²) in [6.45, 7) is 3.72. The van der Waals surface area contributed by atoms with Crippen molar-refractivity contribution < 1.29 is 14.3 Å². The molecular weight excluding hydrogens is 352 g/mol. The molecule has 28 heavy (non-hydrogen) atoms. The second kappa shape index (κ2) is 9.85. The summed E-state index contributed by atoms with van der Waals surface area (Å²) >= 11 is 0. The van der Waals surface area contributed by atoms with Gasteiger partial charge in [0.15, 0.2) is 0 Å². The van der Waals surface area contributed by atoms with Crippen molar-refractivity contribution in [3.05, 3.63) is 71.9 Å². The van der Waals surface area contributed by atoms with Crippen LogP contribution >= 0.6 is 0 Å². The molecule has 2 amide bonds. The molecule has 0 aromatic heterocycles. The minimum Gasteiger partial charge on any atom is -0.381 e. The second-order valence-electron chi connectivity index (χ2n) is 6.69. The van der Waals surface area contributed by atoms with Crippen LogP contribution in [0.4, 0.5) is 5.69 Å². The van der Waals surface area contributed by atoms with Gasteiger partial charge in [0.25, 0.3) is 11.8 Å². The summed E-state index contributed by atoms with van der Waals surface area (Å²) in [5.74, 6) is -0.551. The van der Waals surface area contributed by atoms with Gasteiger partial charge in [0.05, 0.1) is 5.57 Å². The molecule has 0 saturated carbocycles. The van der Waals surface area contributed by atoms with Gasteiger partial charge >= 0.3 is 0 Å². The molecule has 2 aromatic carbocycles. The van der Waals surface area contributed by atoms with Crippen molar-refractivity contribution in [3.8, 4) is 0 Å². The highest BCUT2D eigenvalue weighted by atomic mass is 16.5. The van der Waals surface area contributed by atoms with E-state index in [2.05, 4.69) is 12.2 Å². The predicted octanol–water partition coefficient (Wildman–Crippen LogP) is 4.09. The van der Waals surface area contributed by atoms with Crippen molar-refractivity contribution in [2.24, 2.45) is 0 Å². The van der Waals surface area contributed by atoms with Crippen LogP contribution in [0.3, 0.4) is 0 Å². The molecule has 0 fully saturated rings. The van der Waals surface area contributed by atoms with Crippen LogP contribution in [0.15, 0.2) is 66.4 Å². The molecule has 1 aliphatic heterocycles. The van der Waals surface area contributed by atoms with Crippen LogP contribution in [0.2, 0.25) is 0 Å². The molecular formula is C23H26N2O3.